The number of methoxy groups -OCH3 is 1. The second-order valence-corrected chi connectivity index (χ2v) is 13.5. The summed E-state index contributed by atoms with van der Waals surface area (Å²) in [7, 11) is -1.80. The normalized spacial score (nSPS) is 25.5. The Balaban J connectivity index is 1.39. The van der Waals surface area contributed by atoms with Gasteiger partial charge in [-0.2, -0.15) is 0 Å². The predicted octanol–water partition coefficient (Wildman–Crippen LogP) is 4.77. The summed E-state index contributed by atoms with van der Waals surface area (Å²) in [5.74, 6) is -2.64. The van der Waals surface area contributed by atoms with Gasteiger partial charge in [0.2, 0.25) is 5.88 Å². The highest BCUT2D eigenvalue weighted by atomic mass is 35.5. The van der Waals surface area contributed by atoms with Crippen LogP contribution in [0.25, 0.3) is 22.1 Å². The molecule has 0 saturated carbocycles. The number of nitrogens with zero attached hydrogens (tertiary/aromatic N) is 4. The molecule has 0 aliphatic carbocycles. The third kappa shape index (κ3) is 5.14. The van der Waals surface area contributed by atoms with Crippen LogP contribution in [0.2, 0.25) is 5.02 Å². The first kappa shape index (κ1) is 29.5. The second-order valence-electron chi connectivity index (χ2n) is 10.8. The molecule has 2 aliphatic heterocycles. The van der Waals surface area contributed by atoms with Crippen molar-refractivity contribution in [1.82, 2.24) is 15.0 Å². The molecule has 4 aromatic rings. The average molecular weight is 637 g/mol. The van der Waals surface area contributed by atoms with Gasteiger partial charge in [0.15, 0.2) is 27.1 Å². The quantitative estimate of drug-likeness (QED) is 0.299. The molecule has 0 bridgehead atoms. The van der Waals surface area contributed by atoms with Gasteiger partial charge in [-0.15, -0.1) is 0 Å². The van der Waals surface area contributed by atoms with E-state index in [0.717, 1.165) is 0 Å². The Morgan fingerprint density at radius 3 is 2.74 bits per heavy atom. The molecule has 2 fully saturated rings. The lowest BCUT2D eigenvalue weighted by molar-refractivity contribution is -0.138. The number of ether oxygens (including phenoxy) is 2. The Morgan fingerprint density at radius 1 is 1.28 bits per heavy atom. The highest BCUT2D eigenvalue weighted by Crippen LogP contribution is 2.46. The van der Waals surface area contributed by atoms with Gasteiger partial charge in [0, 0.05) is 36.6 Å². The number of furan rings is 1. The minimum atomic E-state index is -3.28. The van der Waals surface area contributed by atoms with Gasteiger partial charge < -0.3 is 23.9 Å². The van der Waals surface area contributed by atoms with Crippen LogP contribution >= 0.6 is 11.6 Å². The zero-order valence-electron chi connectivity index (χ0n) is 23.0. The molecule has 2 saturated heterocycles. The van der Waals surface area contributed by atoms with Crippen LogP contribution in [-0.2, 0) is 25.0 Å². The van der Waals surface area contributed by atoms with Crippen LogP contribution in [0, 0.1) is 5.92 Å². The first-order chi connectivity index (χ1) is 20.4. The number of halogens is 3. The van der Waals surface area contributed by atoms with Crippen LogP contribution in [-0.4, -0.2) is 71.8 Å². The number of sulfone groups is 1. The van der Waals surface area contributed by atoms with E-state index >= 15 is 0 Å². The van der Waals surface area contributed by atoms with Crippen molar-refractivity contribution >= 4 is 55.3 Å². The smallest absolute Gasteiger partial charge is 0.326 e. The first-order valence-corrected chi connectivity index (χ1v) is 15.7. The van der Waals surface area contributed by atoms with Crippen molar-refractivity contribution < 1.29 is 41.0 Å². The summed E-state index contributed by atoms with van der Waals surface area (Å²) in [5.41, 5.74) is -0.0195. The number of alkyl halides is 2. The van der Waals surface area contributed by atoms with Crippen molar-refractivity contribution in [3.8, 4) is 5.88 Å². The van der Waals surface area contributed by atoms with Crippen molar-refractivity contribution in [2.24, 2.45) is 5.92 Å². The molecule has 0 spiro atoms. The molecule has 4 atom stereocenters. The molecule has 1 N–H and O–H groups in total. The van der Waals surface area contributed by atoms with E-state index in [1.807, 2.05) is 0 Å². The molecule has 0 unspecified atom stereocenters. The number of benzene rings is 1. The van der Waals surface area contributed by atoms with Crippen molar-refractivity contribution in [1.29, 1.82) is 0 Å². The fourth-order valence-corrected chi connectivity index (χ4v) is 8.15. The highest BCUT2D eigenvalue weighted by Gasteiger charge is 2.48. The molecule has 0 radical (unpaired) electrons. The zero-order chi connectivity index (χ0) is 30.7. The summed E-state index contributed by atoms with van der Waals surface area (Å²) in [6.07, 6.45) is -2.33. The van der Waals surface area contributed by atoms with Crippen molar-refractivity contribution in [2.75, 3.05) is 30.1 Å². The number of carbonyl (C=O) groups is 1. The molecule has 43 heavy (non-hydrogen) atoms. The lowest BCUT2D eigenvalue weighted by atomic mass is 9.80. The SMILES string of the molecule is CO[C@]1(c2cc(Cl)cnc2O[C@H]2C[C@@H](C(=O)O)N(c3nc(C(F)F)nc4c3oc3ccccc34)C2)CCS(=O)(=O)C[C@@H]1C. The number of fused-ring (bicyclic) bond motifs is 3. The number of carboxylic acids is 1. The average Bonchev–Trinajstić information content (AvgIpc) is 3.55. The van der Waals surface area contributed by atoms with Crippen LogP contribution in [0.5, 0.6) is 5.88 Å². The Hall–Kier alpha value is -3.62. The standard InChI is InChI=1S/C28H27ClF2N4O7S/c1-14-13-43(38,39)8-7-28(14,40-2)18-9-15(29)11-32-26(18)41-16-10-19(27(36)37)35(12-16)25-22-21(33-24(34-25)23(30)31)17-5-3-4-6-20(17)42-22/h3-6,9,11,14,16,19,23H,7-8,10,12-13H2,1-2H3,(H,36,37)/t14-,16-,19-,28+/m0/s1. The van der Waals surface area contributed by atoms with Gasteiger partial charge in [0.05, 0.1) is 23.1 Å². The molecular formula is C28H27ClF2N4O7S. The Bertz CT molecular complexity index is 1840. The van der Waals surface area contributed by atoms with Gasteiger partial charge >= 0.3 is 5.97 Å². The van der Waals surface area contributed by atoms with Crippen molar-refractivity contribution in [2.45, 2.75) is 43.9 Å². The number of anilines is 1. The maximum absolute atomic E-state index is 13.9. The fourth-order valence-electron chi connectivity index (χ4n) is 6.18. The van der Waals surface area contributed by atoms with E-state index < -0.39 is 51.7 Å². The number of hydrogen-bond donors (Lipinski definition) is 1. The van der Waals surface area contributed by atoms with E-state index in [2.05, 4.69) is 15.0 Å². The lowest BCUT2D eigenvalue weighted by Crippen LogP contribution is -2.46. The van der Waals surface area contributed by atoms with Crippen LogP contribution < -0.4 is 9.64 Å². The molecule has 1 aromatic carbocycles. The van der Waals surface area contributed by atoms with Gasteiger partial charge in [0.1, 0.15) is 28.8 Å². The largest absolute Gasteiger partial charge is 0.480 e. The number of rotatable bonds is 7. The summed E-state index contributed by atoms with van der Waals surface area (Å²) in [6.45, 7) is 1.70. The Labute approximate surface area is 249 Å². The molecule has 228 valence electrons. The van der Waals surface area contributed by atoms with Crippen molar-refractivity contribution in [3.63, 3.8) is 0 Å². The maximum Gasteiger partial charge on any atom is 0.326 e. The maximum atomic E-state index is 13.9. The van der Waals surface area contributed by atoms with Crippen LogP contribution in [0.4, 0.5) is 14.6 Å². The summed E-state index contributed by atoms with van der Waals surface area (Å²) in [4.78, 5) is 26.2. The molecule has 11 nitrogen and oxygen atoms in total. The van der Waals surface area contributed by atoms with E-state index in [0.29, 0.717) is 16.5 Å². The monoisotopic (exact) mass is 636 g/mol. The highest BCUT2D eigenvalue weighted by molar-refractivity contribution is 7.91. The molecule has 5 heterocycles. The summed E-state index contributed by atoms with van der Waals surface area (Å²) >= 11 is 6.31. The van der Waals surface area contributed by atoms with Gasteiger partial charge in [-0.25, -0.2) is 36.9 Å². The summed E-state index contributed by atoms with van der Waals surface area (Å²) in [5, 5.41) is 10.9. The van der Waals surface area contributed by atoms with Gasteiger partial charge in [-0.05, 0) is 24.6 Å². The number of pyridine rings is 1. The summed E-state index contributed by atoms with van der Waals surface area (Å²) in [6, 6.07) is 7.18. The first-order valence-electron chi connectivity index (χ1n) is 13.5. The minimum Gasteiger partial charge on any atom is -0.480 e. The predicted molar refractivity (Wildman–Crippen MR) is 152 cm³/mol. The topological polar surface area (TPSA) is 145 Å². The van der Waals surface area contributed by atoms with Crippen LogP contribution in [0.3, 0.4) is 0 Å². The van der Waals surface area contributed by atoms with Crippen LogP contribution in [0.15, 0.2) is 40.9 Å². The number of para-hydroxylation sites is 1. The summed E-state index contributed by atoms with van der Waals surface area (Å²) < 4.78 is 70.7. The number of hydrogen-bond acceptors (Lipinski definition) is 10. The number of aromatic nitrogens is 3. The fraction of sp³-hybridized carbons (Fsp3) is 0.429. The third-order valence-corrected chi connectivity index (χ3v) is 10.3. The number of carboxylic acid groups (broad SMARTS) is 1. The Morgan fingerprint density at radius 2 is 2.05 bits per heavy atom. The zero-order valence-corrected chi connectivity index (χ0v) is 24.6. The van der Waals surface area contributed by atoms with Gasteiger partial charge in [-0.3, -0.25) is 0 Å². The molecular weight excluding hydrogens is 610 g/mol. The lowest BCUT2D eigenvalue weighted by Gasteiger charge is -2.42. The van der Waals surface area contributed by atoms with E-state index in [1.165, 1.54) is 18.2 Å². The molecule has 15 heteroatoms. The van der Waals surface area contributed by atoms with Gasteiger partial charge in [-0.1, -0.05) is 30.7 Å². The van der Waals surface area contributed by atoms with Crippen LogP contribution in [0.1, 0.15) is 37.6 Å². The molecule has 0 amide bonds. The minimum absolute atomic E-state index is 0.0429. The van der Waals surface area contributed by atoms with Gasteiger partial charge in [0.25, 0.3) is 6.43 Å². The molecule has 6 rings (SSSR count). The van der Waals surface area contributed by atoms with E-state index in [4.69, 9.17) is 25.5 Å². The van der Waals surface area contributed by atoms with E-state index in [1.54, 1.807) is 37.3 Å². The van der Waals surface area contributed by atoms with E-state index in [9.17, 15) is 27.1 Å². The van der Waals surface area contributed by atoms with E-state index in [-0.39, 0.29) is 58.7 Å². The van der Waals surface area contributed by atoms with Crippen molar-refractivity contribution in [3.05, 3.63) is 52.9 Å². The second kappa shape index (κ2) is 10.8. The molecule has 2 aliphatic rings. The Kier molecular flexibility index (Phi) is 7.42. The molecule has 3 aromatic heterocycles. The number of aliphatic carboxylic acids is 1. The third-order valence-electron chi connectivity index (χ3n) is 8.23.